The molecule has 1 aliphatic rings. The van der Waals surface area contributed by atoms with Crippen LogP contribution < -0.4 is 15.5 Å². The van der Waals surface area contributed by atoms with Crippen molar-refractivity contribution in [3.63, 3.8) is 0 Å². The molecule has 2 amide bonds. The standard InChI is InChI=1S/C15H23N3O2/c1-3-16-15(19)17-12-6-8-13(9-7-12)18-10-4-5-14(11-18)20-2/h6-9,14H,3-5,10-11H2,1-2H3,(H2,16,17,19). The Morgan fingerprint density at radius 3 is 2.80 bits per heavy atom. The molecule has 1 aromatic carbocycles. The van der Waals surface area contributed by atoms with Crippen LogP contribution >= 0.6 is 0 Å². The lowest BCUT2D eigenvalue weighted by Gasteiger charge is -2.33. The van der Waals surface area contributed by atoms with E-state index in [9.17, 15) is 4.79 Å². The molecule has 1 saturated heterocycles. The van der Waals surface area contributed by atoms with Crippen LogP contribution in [0.5, 0.6) is 0 Å². The Hall–Kier alpha value is -1.75. The molecule has 0 aromatic heterocycles. The van der Waals surface area contributed by atoms with Gasteiger partial charge >= 0.3 is 6.03 Å². The number of rotatable bonds is 4. The second-order valence-corrected chi connectivity index (χ2v) is 4.98. The lowest BCUT2D eigenvalue weighted by atomic mass is 10.1. The molecule has 2 rings (SSSR count). The van der Waals surface area contributed by atoms with Crippen LogP contribution in [0.2, 0.25) is 0 Å². The molecule has 2 N–H and O–H groups in total. The van der Waals surface area contributed by atoms with E-state index in [1.807, 2.05) is 31.2 Å². The molecule has 1 aromatic rings. The molecule has 110 valence electrons. The number of benzene rings is 1. The zero-order chi connectivity index (χ0) is 14.4. The van der Waals surface area contributed by atoms with Crippen molar-refractivity contribution in [2.75, 3.05) is 37.0 Å². The highest BCUT2D eigenvalue weighted by molar-refractivity contribution is 5.89. The molecule has 5 heteroatoms. The number of hydrogen-bond donors (Lipinski definition) is 2. The summed E-state index contributed by atoms with van der Waals surface area (Å²) in [5, 5.41) is 5.51. The number of carbonyl (C=O) groups is 1. The molecule has 0 spiro atoms. The van der Waals surface area contributed by atoms with E-state index in [0.29, 0.717) is 12.6 Å². The summed E-state index contributed by atoms with van der Waals surface area (Å²) in [7, 11) is 1.77. The summed E-state index contributed by atoms with van der Waals surface area (Å²) in [5.74, 6) is 0. The van der Waals surface area contributed by atoms with Crippen LogP contribution in [0.3, 0.4) is 0 Å². The number of urea groups is 1. The van der Waals surface area contributed by atoms with Gasteiger partial charge in [-0.05, 0) is 44.0 Å². The summed E-state index contributed by atoms with van der Waals surface area (Å²) in [6.45, 7) is 4.50. The first-order valence-electron chi connectivity index (χ1n) is 7.15. The van der Waals surface area contributed by atoms with E-state index in [1.165, 1.54) is 5.69 Å². The van der Waals surface area contributed by atoms with Gasteiger partial charge in [-0.25, -0.2) is 4.79 Å². The van der Waals surface area contributed by atoms with Gasteiger partial charge in [0.15, 0.2) is 0 Å². The summed E-state index contributed by atoms with van der Waals surface area (Å²) in [5.41, 5.74) is 1.98. The molecule has 0 bridgehead atoms. The number of piperidine rings is 1. The highest BCUT2D eigenvalue weighted by Gasteiger charge is 2.19. The first-order chi connectivity index (χ1) is 9.72. The van der Waals surface area contributed by atoms with Crippen LogP contribution in [-0.4, -0.2) is 38.9 Å². The number of methoxy groups -OCH3 is 1. The van der Waals surface area contributed by atoms with E-state index >= 15 is 0 Å². The zero-order valence-corrected chi connectivity index (χ0v) is 12.2. The Morgan fingerprint density at radius 1 is 1.40 bits per heavy atom. The van der Waals surface area contributed by atoms with Crippen LogP contribution in [-0.2, 0) is 4.74 Å². The fraction of sp³-hybridized carbons (Fsp3) is 0.533. The molecule has 1 aliphatic heterocycles. The maximum atomic E-state index is 11.4. The van der Waals surface area contributed by atoms with Crippen molar-refractivity contribution in [3.8, 4) is 0 Å². The summed E-state index contributed by atoms with van der Waals surface area (Å²) >= 11 is 0. The molecule has 20 heavy (non-hydrogen) atoms. The predicted molar refractivity (Wildman–Crippen MR) is 81.4 cm³/mol. The molecule has 1 unspecified atom stereocenters. The van der Waals surface area contributed by atoms with Gasteiger partial charge in [0.25, 0.3) is 0 Å². The van der Waals surface area contributed by atoms with Crippen molar-refractivity contribution in [1.82, 2.24) is 5.32 Å². The van der Waals surface area contributed by atoms with Gasteiger partial charge in [0.05, 0.1) is 6.10 Å². The molecule has 0 aliphatic carbocycles. The number of ether oxygens (including phenoxy) is 1. The van der Waals surface area contributed by atoms with Gasteiger partial charge in [0, 0.05) is 38.1 Å². The maximum absolute atomic E-state index is 11.4. The lowest BCUT2D eigenvalue weighted by molar-refractivity contribution is 0.0893. The average molecular weight is 277 g/mol. The van der Waals surface area contributed by atoms with Gasteiger partial charge in [0.1, 0.15) is 0 Å². The van der Waals surface area contributed by atoms with E-state index in [4.69, 9.17) is 4.74 Å². The number of amides is 2. The van der Waals surface area contributed by atoms with Crippen LogP contribution in [0, 0.1) is 0 Å². The Balaban J connectivity index is 1.95. The summed E-state index contributed by atoms with van der Waals surface area (Å²) in [4.78, 5) is 13.8. The molecular formula is C15H23N3O2. The highest BCUT2D eigenvalue weighted by atomic mass is 16.5. The third-order valence-corrected chi connectivity index (χ3v) is 3.54. The zero-order valence-electron chi connectivity index (χ0n) is 12.2. The van der Waals surface area contributed by atoms with Crippen LogP contribution in [0.25, 0.3) is 0 Å². The van der Waals surface area contributed by atoms with Crippen LogP contribution in [0.1, 0.15) is 19.8 Å². The first kappa shape index (κ1) is 14.7. The largest absolute Gasteiger partial charge is 0.380 e. The second-order valence-electron chi connectivity index (χ2n) is 4.98. The summed E-state index contributed by atoms with van der Waals surface area (Å²) in [6.07, 6.45) is 2.60. The van der Waals surface area contributed by atoms with Gasteiger partial charge in [-0.3, -0.25) is 0 Å². The van der Waals surface area contributed by atoms with E-state index < -0.39 is 0 Å². The van der Waals surface area contributed by atoms with Gasteiger partial charge in [-0.1, -0.05) is 0 Å². The van der Waals surface area contributed by atoms with E-state index in [1.54, 1.807) is 7.11 Å². The monoisotopic (exact) mass is 277 g/mol. The Labute approximate surface area is 120 Å². The van der Waals surface area contributed by atoms with Crippen molar-refractivity contribution in [3.05, 3.63) is 24.3 Å². The minimum absolute atomic E-state index is 0.169. The molecule has 1 fully saturated rings. The molecule has 1 atom stereocenters. The lowest BCUT2D eigenvalue weighted by Crippen LogP contribution is -2.39. The molecule has 0 saturated carbocycles. The fourth-order valence-corrected chi connectivity index (χ4v) is 2.46. The number of hydrogen-bond acceptors (Lipinski definition) is 3. The van der Waals surface area contributed by atoms with Crippen molar-refractivity contribution < 1.29 is 9.53 Å². The smallest absolute Gasteiger partial charge is 0.319 e. The van der Waals surface area contributed by atoms with E-state index in [-0.39, 0.29) is 6.03 Å². The van der Waals surface area contributed by atoms with Crippen molar-refractivity contribution >= 4 is 17.4 Å². The number of anilines is 2. The minimum Gasteiger partial charge on any atom is -0.380 e. The Kier molecular flexibility index (Phi) is 5.24. The third-order valence-electron chi connectivity index (χ3n) is 3.54. The van der Waals surface area contributed by atoms with E-state index in [2.05, 4.69) is 15.5 Å². The first-order valence-corrected chi connectivity index (χ1v) is 7.15. The van der Waals surface area contributed by atoms with Crippen molar-refractivity contribution in [2.24, 2.45) is 0 Å². The maximum Gasteiger partial charge on any atom is 0.319 e. The SMILES string of the molecule is CCNC(=O)Nc1ccc(N2CCCC(OC)C2)cc1. The third kappa shape index (κ3) is 3.87. The number of nitrogens with one attached hydrogen (secondary N) is 2. The predicted octanol–water partition coefficient (Wildman–Crippen LogP) is 2.44. The number of carbonyl (C=O) groups excluding carboxylic acids is 1. The Bertz CT molecular complexity index is 433. The minimum atomic E-state index is -0.169. The quantitative estimate of drug-likeness (QED) is 0.889. The van der Waals surface area contributed by atoms with Gasteiger partial charge < -0.3 is 20.3 Å². The summed E-state index contributed by atoms with van der Waals surface area (Å²) < 4.78 is 5.44. The van der Waals surface area contributed by atoms with Gasteiger partial charge in [-0.15, -0.1) is 0 Å². The van der Waals surface area contributed by atoms with E-state index in [0.717, 1.165) is 31.6 Å². The fourth-order valence-electron chi connectivity index (χ4n) is 2.46. The molecule has 0 radical (unpaired) electrons. The normalized spacial score (nSPS) is 18.7. The highest BCUT2D eigenvalue weighted by Crippen LogP contribution is 2.22. The molecule has 5 nitrogen and oxygen atoms in total. The van der Waals surface area contributed by atoms with Crippen molar-refractivity contribution in [1.29, 1.82) is 0 Å². The molecule has 1 heterocycles. The molecular weight excluding hydrogens is 254 g/mol. The Morgan fingerprint density at radius 2 is 2.15 bits per heavy atom. The summed E-state index contributed by atoms with van der Waals surface area (Å²) in [6, 6.07) is 7.78. The van der Waals surface area contributed by atoms with Gasteiger partial charge in [0.2, 0.25) is 0 Å². The van der Waals surface area contributed by atoms with Gasteiger partial charge in [-0.2, -0.15) is 0 Å². The average Bonchev–Trinajstić information content (AvgIpc) is 2.48. The second kappa shape index (κ2) is 7.14. The van der Waals surface area contributed by atoms with Crippen molar-refractivity contribution in [2.45, 2.75) is 25.9 Å². The van der Waals surface area contributed by atoms with Crippen LogP contribution in [0.4, 0.5) is 16.2 Å². The topological polar surface area (TPSA) is 53.6 Å². The van der Waals surface area contributed by atoms with Crippen LogP contribution in [0.15, 0.2) is 24.3 Å². The number of nitrogens with zero attached hydrogens (tertiary/aromatic N) is 1.